The first-order valence-electron chi connectivity index (χ1n) is 26.9. The lowest BCUT2D eigenvalue weighted by atomic mass is 9.87. The van der Waals surface area contributed by atoms with Crippen molar-refractivity contribution in [2.75, 3.05) is 0 Å². The van der Waals surface area contributed by atoms with E-state index in [0.29, 0.717) is 44.1 Å². The van der Waals surface area contributed by atoms with Crippen molar-refractivity contribution in [3.8, 4) is 89.0 Å². The van der Waals surface area contributed by atoms with Gasteiger partial charge in [-0.1, -0.05) is 255 Å². The van der Waals surface area contributed by atoms with E-state index in [2.05, 4.69) is 206 Å². The van der Waals surface area contributed by atoms with E-state index in [9.17, 15) is 0 Å². The molecule has 0 radical (unpaired) electrons. The van der Waals surface area contributed by atoms with E-state index in [-0.39, 0.29) is 0 Å². The second-order valence-electron chi connectivity index (χ2n) is 20.5. The third kappa shape index (κ3) is 6.72. The van der Waals surface area contributed by atoms with Gasteiger partial charge in [0.15, 0.2) is 11.2 Å². The molecule has 0 aliphatic heterocycles. The van der Waals surface area contributed by atoms with Gasteiger partial charge in [-0.3, -0.25) is 9.59 Å². The van der Waals surface area contributed by atoms with Crippen LogP contribution in [0.2, 0.25) is 0 Å². The van der Waals surface area contributed by atoms with E-state index in [4.69, 9.17) is 8.83 Å². The van der Waals surface area contributed by atoms with Gasteiger partial charge in [0.2, 0.25) is 0 Å². The molecule has 0 spiro atoms. The molecule has 0 N–H and O–H groups in total. The second-order valence-corrected chi connectivity index (χ2v) is 20.5. The van der Waals surface area contributed by atoms with Crippen LogP contribution >= 0.6 is 0 Å². The predicted molar refractivity (Wildman–Crippen MR) is 328 cm³/mol. The highest BCUT2D eigenvalue weighted by molar-refractivity contribution is 6.26. The Kier molecular flexibility index (Phi) is 10.1. The molecule has 4 heterocycles. The fraction of sp³-hybridized carbons (Fsp3) is 0. The van der Waals surface area contributed by atoms with E-state index in [1.165, 1.54) is 4.52 Å². The van der Waals surface area contributed by atoms with Crippen LogP contribution < -0.4 is 11.1 Å². The zero-order valence-corrected chi connectivity index (χ0v) is 42.9. The molecule has 16 aromatic rings. The Labute approximate surface area is 457 Å². The van der Waals surface area contributed by atoms with Crippen LogP contribution in [0.15, 0.2) is 285 Å². The van der Waals surface area contributed by atoms with Crippen LogP contribution in [0.1, 0.15) is 0 Å². The summed E-state index contributed by atoms with van der Waals surface area (Å²) in [5.41, 5.74) is 18.2. The number of hydrogen-bond acceptors (Lipinski definition) is 4. The molecule has 0 atom stereocenters. The number of fused-ring (bicyclic) bond motifs is 13. The number of hydrogen-bond donors (Lipinski definition) is 0. The van der Waals surface area contributed by atoms with Gasteiger partial charge < -0.3 is 8.83 Å². The van der Waals surface area contributed by atoms with Crippen LogP contribution in [0.4, 0.5) is 0 Å². The Balaban J connectivity index is 1.02. The van der Waals surface area contributed by atoms with Gasteiger partial charge in [0, 0.05) is 43.8 Å². The third-order valence-electron chi connectivity index (χ3n) is 16.1. The van der Waals surface area contributed by atoms with Crippen molar-refractivity contribution in [3.63, 3.8) is 0 Å². The minimum atomic E-state index is -0.475. The third-order valence-corrected chi connectivity index (χ3v) is 16.1. The smallest absolute Gasteiger partial charge is 0.286 e. The van der Waals surface area contributed by atoms with Gasteiger partial charge in [-0.05, 0) is 78.9 Å². The maximum Gasteiger partial charge on any atom is 0.286 e. The fourth-order valence-corrected chi connectivity index (χ4v) is 12.7. The quantitative estimate of drug-likeness (QED) is 0.152. The van der Waals surface area contributed by atoms with Gasteiger partial charge in [-0.2, -0.15) is 4.52 Å². The molecule has 0 saturated carbocycles. The Hall–Kier alpha value is -10.8. The van der Waals surface area contributed by atoms with Crippen molar-refractivity contribution < 1.29 is 8.83 Å². The van der Waals surface area contributed by atoms with Gasteiger partial charge in [0.05, 0.1) is 11.0 Å². The van der Waals surface area contributed by atoms with Crippen LogP contribution in [0.5, 0.6) is 0 Å². The molecular formula is C74H44N2O4. The lowest BCUT2D eigenvalue weighted by molar-refractivity contribution is 0.673. The number of para-hydroxylation sites is 2. The number of aromatic nitrogens is 2. The summed E-state index contributed by atoms with van der Waals surface area (Å²) in [6.07, 6.45) is 0. The molecule has 0 bridgehead atoms. The molecule has 16 rings (SSSR count). The zero-order valence-electron chi connectivity index (χ0n) is 42.9. The van der Waals surface area contributed by atoms with Crippen LogP contribution in [-0.4, -0.2) is 9.03 Å². The predicted octanol–water partition coefficient (Wildman–Crippen LogP) is 18.6. The second kappa shape index (κ2) is 17.9. The van der Waals surface area contributed by atoms with Gasteiger partial charge in [0.1, 0.15) is 21.9 Å². The topological polar surface area (TPSA) is 69.2 Å². The minimum Gasteiger partial charge on any atom is -0.454 e. The lowest BCUT2D eigenvalue weighted by Crippen LogP contribution is -2.21. The summed E-state index contributed by atoms with van der Waals surface area (Å²) in [6.45, 7) is 0. The molecule has 0 aliphatic carbocycles. The van der Waals surface area contributed by atoms with Gasteiger partial charge >= 0.3 is 0 Å². The summed E-state index contributed by atoms with van der Waals surface area (Å²) in [5.74, 6) is 0. The van der Waals surface area contributed by atoms with E-state index >= 15 is 9.59 Å². The molecular weight excluding hydrogens is 981 g/mol. The number of rotatable bonds is 8. The van der Waals surface area contributed by atoms with E-state index in [1.54, 1.807) is 4.52 Å². The summed E-state index contributed by atoms with van der Waals surface area (Å²) >= 11 is 0. The molecule has 80 heavy (non-hydrogen) atoms. The summed E-state index contributed by atoms with van der Waals surface area (Å²) in [7, 11) is 0. The Morgan fingerprint density at radius 2 is 0.512 bits per heavy atom. The van der Waals surface area contributed by atoms with Crippen molar-refractivity contribution in [2.45, 2.75) is 0 Å². The molecule has 6 nitrogen and oxygen atoms in total. The molecule has 6 heteroatoms. The first-order valence-corrected chi connectivity index (χ1v) is 26.9. The van der Waals surface area contributed by atoms with Gasteiger partial charge in [0.25, 0.3) is 11.1 Å². The summed E-state index contributed by atoms with van der Waals surface area (Å²) in [6, 6.07) is 91.7. The fourth-order valence-electron chi connectivity index (χ4n) is 12.7. The normalized spacial score (nSPS) is 11.8. The standard InChI is InChI=1S/C74H44N2O4/c77-73-67-61(43-59(49-31-15-5-16-32-49)65-57-41-21-39-55(69(57)79-71(65)67)63-51(45-23-7-1-8-24-45)35-19-36-52(63)46-25-9-2-10-26-46)75-62-44-60(50-33-17-6-18-34-50)66-58-42-22-40-56(70(58)80-72(66)68(62)74(78)76(73)75)64-53(47-27-11-3-12-28-47)37-20-38-54(64)48-29-13-4-14-30-48/h1-44H. The van der Waals surface area contributed by atoms with Crippen molar-refractivity contribution in [1.29, 1.82) is 0 Å². The number of furan rings is 2. The van der Waals surface area contributed by atoms with Crippen molar-refractivity contribution >= 4 is 65.7 Å². The minimum absolute atomic E-state index is 0.319. The zero-order chi connectivity index (χ0) is 53.0. The van der Waals surface area contributed by atoms with Crippen LogP contribution in [0.25, 0.3) is 155 Å². The highest BCUT2D eigenvalue weighted by Crippen LogP contribution is 2.50. The largest absolute Gasteiger partial charge is 0.454 e. The average Bonchev–Trinajstić information content (AvgIpc) is 4.44. The molecule has 374 valence electrons. The molecule has 0 fully saturated rings. The summed E-state index contributed by atoms with van der Waals surface area (Å²) < 4.78 is 17.7. The summed E-state index contributed by atoms with van der Waals surface area (Å²) in [5, 5.41) is 3.95. The van der Waals surface area contributed by atoms with Crippen LogP contribution in [0, 0.1) is 0 Å². The average molecular weight is 1030 g/mol. The lowest BCUT2D eigenvalue weighted by Gasteiger charge is -2.16. The maximum absolute atomic E-state index is 15.7. The van der Waals surface area contributed by atoms with Crippen molar-refractivity contribution in [2.24, 2.45) is 0 Å². The Morgan fingerprint density at radius 3 is 0.825 bits per heavy atom. The SMILES string of the molecule is O=c1c2c3oc4c(-c5c(-c6ccccc6)cccc5-c5ccccc5)cccc4c3c(-c3ccccc3)cc2n2c3cc(-c4ccccc4)c4c5cccc(-c6c(-c7ccccc7)cccc6-c6ccccc6)c5oc4c3c(=O)n12. The molecule has 4 aromatic heterocycles. The molecule has 12 aromatic carbocycles. The van der Waals surface area contributed by atoms with Crippen molar-refractivity contribution in [3.05, 3.63) is 288 Å². The molecule has 0 unspecified atom stereocenters. The first kappa shape index (κ1) is 45.4. The summed E-state index contributed by atoms with van der Waals surface area (Å²) in [4.78, 5) is 31.5. The highest BCUT2D eigenvalue weighted by atomic mass is 16.3. The Bertz CT molecular complexity index is 4800. The number of benzene rings is 12. The van der Waals surface area contributed by atoms with E-state index in [1.807, 2.05) is 60.7 Å². The molecule has 0 aliphatic rings. The van der Waals surface area contributed by atoms with Gasteiger partial charge in [-0.15, -0.1) is 0 Å². The van der Waals surface area contributed by atoms with E-state index in [0.717, 1.165) is 111 Å². The van der Waals surface area contributed by atoms with E-state index < -0.39 is 11.1 Å². The van der Waals surface area contributed by atoms with Crippen molar-refractivity contribution in [1.82, 2.24) is 9.03 Å². The highest BCUT2D eigenvalue weighted by Gasteiger charge is 2.30. The monoisotopic (exact) mass is 1020 g/mol. The van der Waals surface area contributed by atoms with Crippen LogP contribution in [0.3, 0.4) is 0 Å². The Morgan fingerprint density at radius 1 is 0.237 bits per heavy atom. The first-order chi connectivity index (χ1) is 39.6. The van der Waals surface area contributed by atoms with Crippen LogP contribution in [-0.2, 0) is 0 Å². The molecule has 0 amide bonds. The number of nitrogens with zero attached hydrogens (tertiary/aromatic N) is 2. The maximum atomic E-state index is 15.7. The van der Waals surface area contributed by atoms with Gasteiger partial charge in [-0.25, -0.2) is 4.52 Å². The molecule has 0 saturated heterocycles.